The molecule has 1 aromatic rings. The Morgan fingerprint density at radius 1 is 1.25 bits per heavy atom. The molecule has 2 rings (SSSR count). The lowest BCUT2D eigenvalue weighted by Crippen LogP contribution is -2.38. The van der Waals surface area contributed by atoms with E-state index in [4.69, 9.17) is 27.9 Å². The van der Waals surface area contributed by atoms with Crippen molar-refractivity contribution in [2.24, 2.45) is 0 Å². The number of anilines is 1. The fraction of sp³-hybridized carbons (Fsp3) is 0.143. The van der Waals surface area contributed by atoms with Crippen molar-refractivity contribution >= 4 is 40.9 Å². The summed E-state index contributed by atoms with van der Waals surface area (Å²) in [5, 5.41) is 0.630. The summed E-state index contributed by atoms with van der Waals surface area (Å²) in [5.74, 6) is -0.561. The van der Waals surface area contributed by atoms with Gasteiger partial charge in [0.15, 0.2) is 0 Å². The zero-order chi connectivity index (χ0) is 14.9. The van der Waals surface area contributed by atoms with Gasteiger partial charge in [-0.2, -0.15) is 0 Å². The molecule has 2 amide bonds. The number of ether oxygens (including phenoxy) is 1. The number of hydrogen-bond acceptors (Lipinski definition) is 3. The van der Waals surface area contributed by atoms with Crippen LogP contribution < -0.4 is 4.90 Å². The first-order chi connectivity index (χ1) is 9.43. The van der Waals surface area contributed by atoms with E-state index in [1.807, 2.05) is 0 Å². The Labute approximate surface area is 126 Å². The molecule has 1 saturated heterocycles. The maximum atomic E-state index is 12.5. The van der Waals surface area contributed by atoms with Crippen LogP contribution in [0.5, 0.6) is 0 Å². The van der Waals surface area contributed by atoms with Crippen molar-refractivity contribution in [2.45, 2.75) is 12.5 Å². The summed E-state index contributed by atoms with van der Waals surface area (Å²) < 4.78 is 5.14. The highest BCUT2D eigenvalue weighted by Crippen LogP contribution is 2.34. The standard InChI is InChI=1S/C14H11Cl2NO3/c1-3-5-14(4-2)12(18)17(13(19)20-14)11-7-9(15)6-10(16)8-11/h3-8H,2H2,1H3. The summed E-state index contributed by atoms with van der Waals surface area (Å²) in [4.78, 5) is 25.3. The molecule has 1 unspecified atom stereocenters. The van der Waals surface area contributed by atoms with Gasteiger partial charge >= 0.3 is 6.09 Å². The van der Waals surface area contributed by atoms with Crippen molar-refractivity contribution in [3.05, 3.63) is 53.1 Å². The number of halogens is 2. The van der Waals surface area contributed by atoms with Crippen molar-refractivity contribution in [2.75, 3.05) is 4.90 Å². The first-order valence-corrected chi connectivity index (χ1v) is 6.50. The first-order valence-electron chi connectivity index (χ1n) is 5.74. The van der Waals surface area contributed by atoms with Crippen LogP contribution in [0.2, 0.25) is 10.0 Å². The molecule has 1 aliphatic heterocycles. The Bertz CT molecular complexity index is 607. The Balaban J connectivity index is 2.51. The number of allylic oxidation sites excluding steroid dienone is 1. The van der Waals surface area contributed by atoms with E-state index in [0.717, 1.165) is 4.90 Å². The number of imide groups is 1. The van der Waals surface area contributed by atoms with Crippen LogP contribution in [0.3, 0.4) is 0 Å². The van der Waals surface area contributed by atoms with Crippen molar-refractivity contribution in [3.8, 4) is 0 Å². The zero-order valence-electron chi connectivity index (χ0n) is 10.6. The van der Waals surface area contributed by atoms with Gasteiger partial charge in [-0.15, -0.1) is 0 Å². The zero-order valence-corrected chi connectivity index (χ0v) is 12.1. The molecule has 0 radical (unpaired) electrons. The van der Waals surface area contributed by atoms with Crippen molar-refractivity contribution < 1.29 is 14.3 Å². The van der Waals surface area contributed by atoms with Gasteiger partial charge < -0.3 is 4.74 Å². The molecule has 0 aromatic heterocycles. The highest BCUT2D eigenvalue weighted by atomic mass is 35.5. The molecule has 0 bridgehead atoms. The van der Waals surface area contributed by atoms with Crippen LogP contribution in [-0.2, 0) is 9.53 Å². The average molecular weight is 312 g/mol. The Morgan fingerprint density at radius 2 is 1.85 bits per heavy atom. The van der Waals surface area contributed by atoms with Crippen LogP contribution in [0.4, 0.5) is 10.5 Å². The van der Waals surface area contributed by atoms with E-state index in [1.54, 1.807) is 13.0 Å². The van der Waals surface area contributed by atoms with E-state index in [1.165, 1.54) is 30.4 Å². The second-order valence-electron chi connectivity index (χ2n) is 4.13. The molecule has 1 aliphatic rings. The van der Waals surface area contributed by atoms with Crippen LogP contribution in [0.25, 0.3) is 0 Å². The number of carbonyl (C=O) groups excluding carboxylic acids is 2. The Hall–Kier alpha value is -1.78. The van der Waals surface area contributed by atoms with Crippen LogP contribution >= 0.6 is 23.2 Å². The van der Waals surface area contributed by atoms with Gasteiger partial charge in [-0.1, -0.05) is 35.9 Å². The van der Waals surface area contributed by atoms with Gasteiger partial charge in [-0.05, 0) is 37.3 Å². The minimum Gasteiger partial charge on any atom is -0.423 e. The Morgan fingerprint density at radius 3 is 2.35 bits per heavy atom. The van der Waals surface area contributed by atoms with Gasteiger partial charge in [-0.3, -0.25) is 4.79 Å². The third kappa shape index (κ3) is 2.32. The second kappa shape index (κ2) is 5.31. The number of amides is 2. The van der Waals surface area contributed by atoms with Gasteiger partial charge in [0.25, 0.3) is 5.91 Å². The van der Waals surface area contributed by atoms with Gasteiger partial charge in [0, 0.05) is 10.0 Å². The van der Waals surface area contributed by atoms with Gasteiger partial charge in [0.2, 0.25) is 5.60 Å². The number of cyclic esters (lactones) is 1. The highest BCUT2D eigenvalue weighted by Gasteiger charge is 2.51. The molecule has 4 nitrogen and oxygen atoms in total. The molecule has 0 aliphatic carbocycles. The van der Waals surface area contributed by atoms with Gasteiger partial charge in [0.1, 0.15) is 0 Å². The molecule has 0 N–H and O–H groups in total. The van der Waals surface area contributed by atoms with Crippen LogP contribution in [0.1, 0.15) is 6.92 Å². The summed E-state index contributed by atoms with van der Waals surface area (Å²) in [6.07, 6.45) is 3.55. The molecule has 20 heavy (non-hydrogen) atoms. The fourth-order valence-electron chi connectivity index (χ4n) is 1.93. The summed E-state index contributed by atoms with van der Waals surface area (Å²) >= 11 is 11.8. The van der Waals surface area contributed by atoms with Crippen LogP contribution in [0.15, 0.2) is 43.0 Å². The van der Waals surface area contributed by atoms with Crippen molar-refractivity contribution in [1.82, 2.24) is 0 Å². The first kappa shape index (κ1) is 14.6. The highest BCUT2D eigenvalue weighted by molar-refractivity contribution is 6.35. The number of rotatable bonds is 3. The van der Waals surface area contributed by atoms with Crippen LogP contribution in [-0.4, -0.2) is 17.6 Å². The molecular formula is C14H11Cl2NO3. The molecule has 0 saturated carbocycles. The number of nitrogens with zero attached hydrogens (tertiary/aromatic N) is 1. The SMILES string of the molecule is C=CC1(C=CC)OC(=O)N(c2cc(Cl)cc(Cl)c2)C1=O. The summed E-state index contributed by atoms with van der Waals surface area (Å²) in [6, 6.07) is 4.42. The molecule has 6 heteroatoms. The average Bonchev–Trinajstić information content (AvgIpc) is 2.60. The third-order valence-electron chi connectivity index (χ3n) is 2.80. The Kier molecular flexibility index (Phi) is 3.88. The summed E-state index contributed by atoms with van der Waals surface area (Å²) in [7, 11) is 0. The van der Waals surface area contributed by atoms with E-state index < -0.39 is 17.6 Å². The molecular weight excluding hydrogens is 301 g/mol. The van der Waals surface area contributed by atoms with Crippen molar-refractivity contribution in [1.29, 1.82) is 0 Å². The predicted molar refractivity (Wildman–Crippen MR) is 78.2 cm³/mol. The van der Waals surface area contributed by atoms with E-state index in [-0.39, 0.29) is 5.69 Å². The largest absolute Gasteiger partial charge is 0.423 e. The third-order valence-corrected chi connectivity index (χ3v) is 3.24. The smallest absolute Gasteiger partial charge is 0.423 e. The van der Waals surface area contributed by atoms with Crippen LogP contribution in [0, 0.1) is 0 Å². The van der Waals surface area contributed by atoms with E-state index in [0.29, 0.717) is 10.0 Å². The minimum atomic E-state index is -1.49. The predicted octanol–water partition coefficient (Wildman–Crippen LogP) is 3.98. The molecule has 104 valence electrons. The fourth-order valence-corrected chi connectivity index (χ4v) is 2.45. The number of carbonyl (C=O) groups is 2. The lowest BCUT2D eigenvalue weighted by molar-refractivity contribution is -0.123. The van der Waals surface area contributed by atoms with Gasteiger partial charge in [0.05, 0.1) is 5.69 Å². The molecule has 1 fully saturated rings. The monoisotopic (exact) mass is 311 g/mol. The maximum absolute atomic E-state index is 12.5. The molecule has 1 atom stereocenters. The normalized spacial score (nSPS) is 22.4. The summed E-state index contributed by atoms with van der Waals surface area (Å²) in [5.41, 5.74) is -1.23. The van der Waals surface area contributed by atoms with E-state index in [2.05, 4.69) is 6.58 Å². The quantitative estimate of drug-likeness (QED) is 0.793. The van der Waals surface area contributed by atoms with E-state index in [9.17, 15) is 9.59 Å². The maximum Gasteiger partial charge on any atom is 0.423 e. The van der Waals surface area contributed by atoms with Gasteiger partial charge in [-0.25, -0.2) is 9.69 Å². The van der Waals surface area contributed by atoms with E-state index >= 15 is 0 Å². The summed E-state index contributed by atoms with van der Waals surface area (Å²) in [6.45, 7) is 5.27. The lowest BCUT2D eigenvalue weighted by atomic mass is 10.0. The molecule has 0 spiro atoms. The minimum absolute atomic E-state index is 0.255. The number of benzene rings is 1. The number of hydrogen-bond donors (Lipinski definition) is 0. The lowest BCUT2D eigenvalue weighted by Gasteiger charge is -2.16. The van der Waals surface area contributed by atoms with Crippen molar-refractivity contribution in [3.63, 3.8) is 0 Å². The second-order valence-corrected chi connectivity index (χ2v) is 5.01. The topological polar surface area (TPSA) is 46.6 Å². The molecule has 1 heterocycles. The molecule has 1 aromatic carbocycles.